The lowest BCUT2D eigenvalue weighted by Crippen LogP contribution is -1.95. The molecule has 0 spiro atoms. The highest BCUT2D eigenvalue weighted by molar-refractivity contribution is 6.12. The lowest BCUT2D eigenvalue weighted by atomic mass is 9.99. The van der Waals surface area contributed by atoms with Crippen LogP contribution in [-0.2, 0) is 0 Å². The minimum atomic E-state index is 0.956. The monoisotopic (exact) mass is 727 g/mol. The summed E-state index contributed by atoms with van der Waals surface area (Å²) in [5.74, 6) is 0. The van der Waals surface area contributed by atoms with E-state index in [1.54, 1.807) is 0 Å². The Morgan fingerprint density at radius 1 is 0.298 bits per heavy atom. The Hall–Kier alpha value is -7.49. The summed E-state index contributed by atoms with van der Waals surface area (Å²) in [6.45, 7) is 2.14. The van der Waals surface area contributed by atoms with Gasteiger partial charge in [-0.1, -0.05) is 145 Å². The zero-order valence-electron chi connectivity index (χ0n) is 31.5. The minimum absolute atomic E-state index is 0.956. The third kappa shape index (κ3) is 5.63. The SMILES string of the molecule is Cc1ccc(-n2c3ccccc3c3cc(-c4ccc5c6ccccc6n(-c6cccc(-c7cc(-c8ccccc8)nc(-c8ccccc8)c7)c6)c5c4)ccc32)cc1. The van der Waals surface area contributed by atoms with Gasteiger partial charge in [-0.2, -0.15) is 0 Å². The average Bonchev–Trinajstić information content (AvgIpc) is 3.79. The molecule has 3 aromatic heterocycles. The van der Waals surface area contributed by atoms with E-state index in [0.29, 0.717) is 0 Å². The molecule has 0 unspecified atom stereocenters. The average molecular weight is 728 g/mol. The third-order valence-corrected chi connectivity index (χ3v) is 11.4. The number of benzene rings is 8. The molecule has 0 radical (unpaired) electrons. The van der Waals surface area contributed by atoms with Crippen molar-refractivity contribution in [2.45, 2.75) is 6.92 Å². The predicted molar refractivity (Wildman–Crippen MR) is 239 cm³/mol. The van der Waals surface area contributed by atoms with Gasteiger partial charge < -0.3 is 9.13 Å². The minimum Gasteiger partial charge on any atom is -0.309 e. The van der Waals surface area contributed by atoms with Crippen LogP contribution < -0.4 is 0 Å². The highest BCUT2D eigenvalue weighted by Gasteiger charge is 2.17. The molecule has 0 aliphatic rings. The molecule has 0 saturated carbocycles. The van der Waals surface area contributed by atoms with E-state index >= 15 is 0 Å². The number of aromatic nitrogens is 3. The van der Waals surface area contributed by atoms with Crippen LogP contribution in [-0.4, -0.2) is 14.1 Å². The predicted octanol–water partition coefficient (Wildman–Crippen LogP) is 14.3. The summed E-state index contributed by atoms with van der Waals surface area (Å²) in [6, 6.07) is 74.5. The second-order valence-corrected chi connectivity index (χ2v) is 14.9. The number of pyridine rings is 1. The first kappa shape index (κ1) is 32.9. The molecule has 11 rings (SSSR count). The van der Waals surface area contributed by atoms with E-state index < -0.39 is 0 Å². The van der Waals surface area contributed by atoms with Gasteiger partial charge in [0.25, 0.3) is 0 Å². The van der Waals surface area contributed by atoms with Crippen LogP contribution >= 0.6 is 0 Å². The number of hydrogen-bond acceptors (Lipinski definition) is 1. The van der Waals surface area contributed by atoms with Gasteiger partial charge in [-0.25, -0.2) is 4.98 Å². The highest BCUT2D eigenvalue weighted by Crippen LogP contribution is 2.39. The molecule has 0 aliphatic heterocycles. The largest absolute Gasteiger partial charge is 0.309 e. The molecule has 57 heavy (non-hydrogen) atoms. The number of fused-ring (bicyclic) bond motifs is 6. The maximum Gasteiger partial charge on any atom is 0.0715 e. The first-order chi connectivity index (χ1) is 28.2. The van der Waals surface area contributed by atoms with E-state index in [4.69, 9.17) is 4.98 Å². The van der Waals surface area contributed by atoms with Crippen molar-refractivity contribution in [2.75, 3.05) is 0 Å². The van der Waals surface area contributed by atoms with E-state index in [1.165, 1.54) is 66.0 Å². The molecule has 3 heterocycles. The van der Waals surface area contributed by atoms with E-state index in [1.807, 2.05) is 0 Å². The standard InChI is InChI=1S/C54H37N3/c1-36-23-27-43(28-24-36)56-52-22-11-9-20-46(52)48-32-40(26-30-53(48)56)41-25-29-47-45-19-8-10-21-51(45)57(54(47)35-41)44-18-12-17-39(31-44)42-33-49(37-13-4-2-5-14-37)55-50(34-42)38-15-6-3-7-16-38/h2-35H,1H3. The highest BCUT2D eigenvalue weighted by atomic mass is 15.0. The Kier molecular flexibility index (Phi) is 7.71. The fourth-order valence-corrected chi connectivity index (χ4v) is 8.59. The molecular formula is C54H37N3. The van der Waals surface area contributed by atoms with Gasteiger partial charge in [0.15, 0.2) is 0 Å². The van der Waals surface area contributed by atoms with Crippen LogP contribution in [0.2, 0.25) is 0 Å². The maximum absolute atomic E-state index is 5.14. The number of rotatable bonds is 6. The number of para-hydroxylation sites is 2. The molecule has 8 aromatic carbocycles. The molecule has 268 valence electrons. The lowest BCUT2D eigenvalue weighted by Gasteiger charge is -2.13. The molecule has 3 nitrogen and oxygen atoms in total. The first-order valence-corrected chi connectivity index (χ1v) is 19.5. The third-order valence-electron chi connectivity index (χ3n) is 11.4. The van der Waals surface area contributed by atoms with E-state index in [9.17, 15) is 0 Å². The molecule has 11 aromatic rings. The molecule has 0 fully saturated rings. The van der Waals surface area contributed by atoms with Crippen LogP contribution in [0, 0.1) is 6.92 Å². The van der Waals surface area contributed by atoms with Crippen molar-refractivity contribution in [3.8, 4) is 56.1 Å². The zero-order valence-corrected chi connectivity index (χ0v) is 31.5. The second kappa shape index (κ2) is 13.4. The topological polar surface area (TPSA) is 22.8 Å². The van der Waals surface area contributed by atoms with Crippen LogP contribution in [0.25, 0.3) is 99.8 Å². The zero-order chi connectivity index (χ0) is 37.9. The molecule has 0 saturated heterocycles. The molecule has 0 amide bonds. The van der Waals surface area contributed by atoms with Gasteiger partial charge in [0.1, 0.15) is 0 Å². The van der Waals surface area contributed by atoms with Gasteiger partial charge in [-0.05, 0) is 95.9 Å². The molecular weight excluding hydrogens is 691 g/mol. The van der Waals surface area contributed by atoms with Gasteiger partial charge in [-0.15, -0.1) is 0 Å². The van der Waals surface area contributed by atoms with Crippen molar-refractivity contribution in [2.24, 2.45) is 0 Å². The molecule has 0 N–H and O–H groups in total. The maximum atomic E-state index is 5.14. The van der Waals surface area contributed by atoms with Gasteiger partial charge in [0, 0.05) is 44.0 Å². The molecule has 3 heteroatoms. The first-order valence-electron chi connectivity index (χ1n) is 19.5. The van der Waals surface area contributed by atoms with Crippen molar-refractivity contribution >= 4 is 43.6 Å². The Balaban J connectivity index is 1.07. The summed E-state index contributed by atoms with van der Waals surface area (Å²) >= 11 is 0. The van der Waals surface area contributed by atoms with Crippen molar-refractivity contribution in [1.29, 1.82) is 0 Å². The van der Waals surface area contributed by atoms with Crippen molar-refractivity contribution in [1.82, 2.24) is 14.1 Å². The Morgan fingerprint density at radius 3 is 1.49 bits per heavy atom. The molecule has 0 aliphatic carbocycles. The fraction of sp³-hybridized carbons (Fsp3) is 0.0185. The summed E-state index contributed by atoms with van der Waals surface area (Å²) in [6.07, 6.45) is 0. The lowest BCUT2D eigenvalue weighted by molar-refractivity contribution is 1.17. The Morgan fingerprint density at radius 2 is 0.807 bits per heavy atom. The summed E-state index contributed by atoms with van der Waals surface area (Å²) in [5.41, 5.74) is 17.1. The number of aryl methyl sites for hydroxylation is 1. The summed E-state index contributed by atoms with van der Waals surface area (Å²) in [5, 5.41) is 4.98. The van der Waals surface area contributed by atoms with E-state index in [-0.39, 0.29) is 0 Å². The van der Waals surface area contributed by atoms with Gasteiger partial charge in [0.05, 0.1) is 33.5 Å². The Labute approximate surface area is 331 Å². The van der Waals surface area contributed by atoms with Gasteiger partial charge >= 0.3 is 0 Å². The fourth-order valence-electron chi connectivity index (χ4n) is 8.59. The molecule has 0 atom stereocenters. The Bertz CT molecular complexity index is 3220. The summed E-state index contributed by atoms with van der Waals surface area (Å²) in [7, 11) is 0. The van der Waals surface area contributed by atoms with Crippen molar-refractivity contribution < 1.29 is 0 Å². The summed E-state index contributed by atoms with van der Waals surface area (Å²) in [4.78, 5) is 5.14. The quantitative estimate of drug-likeness (QED) is 0.167. The van der Waals surface area contributed by atoms with Crippen LogP contribution in [0.1, 0.15) is 5.56 Å². The number of nitrogens with zero attached hydrogens (tertiary/aromatic N) is 3. The van der Waals surface area contributed by atoms with Crippen LogP contribution in [0.3, 0.4) is 0 Å². The van der Waals surface area contributed by atoms with Crippen LogP contribution in [0.5, 0.6) is 0 Å². The normalized spacial score (nSPS) is 11.6. The van der Waals surface area contributed by atoms with Gasteiger partial charge in [-0.3, -0.25) is 0 Å². The molecule has 0 bridgehead atoms. The van der Waals surface area contributed by atoms with E-state index in [2.05, 4.69) is 222 Å². The van der Waals surface area contributed by atoms with Crippen molar-refractivity contribution in [3.05, 3.63) is 212 Å². The smallest absolute Gasteiger partial charge is 0.0715 e. The second-order valence-electron chi connectivity index (χ2n) is 14.9. The van der Waals surface area contributed by atoms with Crippen molar-refractivity contribution in [3.63, 3.8) is 0 Å². The van der Waals surface area contributed by atoms with Crippen LogP contribution in [0.15, 0.2) is 206 Å². The van der Waals surface area contributed by atoms with Crippen LogP contribution in [0.4, 0.5) is 0 Å². The summed E-state index contributed by atoms with van der Waals surface area (Å²) < 4.78 is 4.81. The van der Waals surface area contributed by atoms with E-state index in [0.717, 1.165) is 39.3 Å². The van der Waals surface area contributed by atoms with Gasteiger partial charge in [0.2, 0.25) is 0 Å². The number of hydrogen-bond donors (Lipinski definition) is 0.